The molecule has 0 aromatic heterocycles. The number of nitrogens with two attached hydrogens (primary N) is 1. The Morgan fingerprint density at radius 1 is 0.750 bits per heavy atom. The van der Waals surface area contributed by atoms with E-state index in [1.165, 1.54) is 11.1 Å². The molecule has 2 heteroatoms. The SMILES string of the molecule is NCC=CCN(Cc1ccccc1)Cc1ccccc1. The van der Waals surface area contributed by atoms with Gasteiger partial charge in [0.05, 0.1) is 0 Å². The van der Waals surface area contributed by atoms with Crippen molar-refractivity contribution in [2.45, 2.75) is 13.1 Å². The first kappa shape index (κ1) is 14.5. The second kappa shape index (κ2) is 8.31. The van der Waals surface area contributed by atoms with E-state index in [0.717, 1.165) is 19.6 Å². The molecular weight excluding hydrogens is 244 g/mol. The fourth-order valence-electron chi connectivity index (χ4n) is 2.19. The minimum absolute atomic E-state index is 0.602. The van der Waals surface area contributed by atoms with Crippen LogP contribution in [-0.2, 0) is 13.1 Å². The van der Waals surface area contributed by atoms with Gasteiger partial charge in [-0.2, -0.15) is 0 Å². The lowest BCUT2D eigenvalue weighted by molar-refractivity contribution is 0.286. The molecule has 0 spiro atoms. The van der Waals surface area contributed by atoms with Crippen molar-refractivity contribution in [2.75, 3.05) is 13.1 Å². The van der Waals surface area contributed by atoms with Crippen LogP contribution in [0.1, 0.15) is 11.1 Å². The summed E-state index contributed by atoms with van der Waals surface area (Å²) in [7, 11) is 0. The zero-order valence-electron chi connectivity index (χ0n) is 11.8. The van der Waals surface area contributed by atoms with Crippen LogP contribution >= 0.6 is 0 Å². The highest BCUT2D eigenvalue weighted by Gasteiger charge is 2.05. The Hall–Kier alpha value is -1.90. The van der Waals surface area contributed by atoms with E-state index in [1.54, 1.807) is 0 Å². The highest BCUT2D eigenvalue weighted by Crippen LogP contribution is 2.09. The summed E-state index contributed by atoms with van der Waals surface area (Å²) < 4.78 is 0. The summed E-state index contributed by atoms with van der Waals surface area (Å²) in [5, 5.41) is 0. The molecule has 2 nitrogen and oxygen atoms in total. The van der Waals surface area contributed by atoms with E-state index >= 15 is 0 Å². The second-order valence-corrected chi connectivity index (χ2v) is 4.85. The summed E-state index contributed by atoms with van der Waals surface area (Å²) in [6, 6.07) is 21.2. The van der Waals surface area contributed by atoms with Crippen LogP contribution in [0.15, 0.2) is 72.8 Å². The molecule has 0 radical (unpaired) electrons. The smallest absolute Gasteiger partial charge is 0.0240 e. The minimum Gasteiger partial charge on any atom is -0.327 e. The Morgan fingerprint density at radius 2 is 1.25 bits per heavy atom. The molecule has 2 N–H and O–H groups in total. The Kier molecular flexibility index (Phi) is 6.03. The van der Waals surface area contributed by atoms with Gasteiger partial charge in [-0.05, 0) is 11.1 Å². The molecule has 0 heterocycles. The van der Waals surface area contributed by atoms with Gasteiger partial charge in [0, 0.05) is 26.2 Å². The Bertz CT molecular complexity index is 464. The van der Waals surface area contributed by atoms with Gasteiger partial charge in [0.2, 0.25) is 0 Å². The van der Waals surface area contributed by atoms with Crippen LogP contribution in [0.3, 0.4) is 0 Å². The van der Waals surface area contributed by atoms with Crippen molar-refractivity contribution in [3.63, 3.8) is 0 Å². The lowest BCUT2D eigenvalue weighted by Crippen LogP contribution is -2.23. The third-order valence-electron chi connectivity index (χ3n) is 3.16. The molecule has 2 rings (SSSR count). The molecule has 0 amide bonds. The maximum atomic E-state index is 5.51. The van der Waals surface area contributed by atoms with Gasteiger partial charge in [0.1, 0.15) is 0 Å². The molecule has 2 aromatic rings. The normalized spacial score (nSPS) is 11.3. The second-order valence-electron chi connectivity index (χ2n) is 4.85. The van der Waals surface area contributed by atoms with Gasteiger partial charge in [-0.1, -0.05) is 72.8 Å². The van der Waals surface area contributed by atoms with E-state index in [1.807, 2.05) is 6.08 Å². The molecular formula is C18H22N2. The molecule has 0 aliphatic heterocycles. The molecule has 0 saturated heterocycles. The lowest BCUT2D eigenvalue weighted by atomic mass is 10.1. The maximum Gasteiger partial charge on any atom is 0.0240 e. The van der Waals surface area contributed by atoms with Crippen LogP contribution < -0.4 is 5.73 Å². The van der Waals surface area contributed by atoms with Crippen molar-refractivity contribution < 1.29 is 0 Å². The van der Waals surface area contributed by atoms with Crippen molar-refractivity contribution in [1.82, 2.24) is 4.90 Å². The van der Waals surface area contributed by atoms with Gasteiger partial charge in [0.25, 0.3) is 0 Å². The van der Waals surface area contributed by atoms with Gasteiger partial charge in [-0.3, -0.25) is 4.90 Å². The predicted molar refractivity (Wildman–Crippen MR) is 85.2 cm³/mol. The molecule has 20 heavy (non-hydrogen) atoms. The van der Waals surface area contributed by atoms with Gasteiger partial charge >= 0.3 is 0 Å². The summed E-state index contributed by atoms with van der Waals surface area (Å²) in [5.41, 5.74) is 8.19. The first-order chi connectivity index (χ1) is 9.88. The van der Waals surface area contributed by atoms with E-state index in [0.29, 0.717) is 6.54 Å². The highest BCUT2D eigenvalue weighted by atomic mass is 15.1. The zero-order valence-corrected chi connectivity index (χ0v) is 11.8. The number of hydrogen-bond acceptors (Lipinski definition) is 2. The van der Waals surface area contributed by atoms with Crippen molar-refractivity contribution in [1.29, 1.82) is 0 Å². The van der Waals surface area contributed by atoms with E-state index in [-0.39, 0.29) is 0 Å². The van der Waals surface area contributed by atoms with Gasteiger partial charge < -0.3 is 5.73 Å². The number of hydrogen-bond donors (Lipinski definition) is 1. The summed E-state index contributed by atoms with van der Waals surface area (Å²) in [6.45, 7) is 3.42. The summed E-state index contributed by atoms with van der Waals surface area (Å²) >= 11 is 0. The average Bonchev–Trinajstić information content (AvgIpc) is 2.49. The first-order valence-corrected chi connectivity index (χ1v) is 7.04. The van der Waals surface area contributed by atoms with E-state index in [4.69, 9.17) is 5.73 Å². The standard InChI is InChI=1S/C18H22N2/c19-13-7-8-14-20(15-17-9-3-1-4-10-17)16-18-11-5-2-6-12-18/h1-12H,13-16,19H2. The van der Waals surface area contributed by atoms with E-state index in [9.17, 15) is 0 Å². The predicted octanol–water partition coefficient (Wildman–Crippen LogP) is 3.20. The molecule has 104 valence electrons. The summed E-state index contributed by atoms with van der Waals surface area (Å²) in [5.74, 6) is 0. The molecule has 0 bridgehead atoms. The van der Waals surface area contributed by atoms with Crippen molar-refractivity contribution >= 4 is 0 Å². The molecule has 0 atom stereocenters. The van der Waals surface area contributed by atoms with Crippen molar-refractivity contribution in [3.05, 3.63) is 83.9 Å². The molecule has 0 unspecified atom stereocenters. The quantitative estimate of drug-likeness (QED) is 0.780. The zero-order chi connectivity index (χ0) is 14.0. The maximum absolute atomic E-state index is 5.51. The fourth-order valence-corrected chi connectivity index (χ4v) is 2.19. The van der Waals surface area contributed by atoms with Crippen LogP contribution in [0, 0.1) is 0 Å². The highest BCUT2D eigenvalue weighted by molar-refractivity contribution is 5.17. The van der Waals surface area contributed by atoms with Crippen molar-refractivity contribution in [2.24, 2.45) is 5.73 Å². The van der Waals surface area contributed by atoms with E-state index in [2.05, 4.69) is 71.6 Å². The Morgan fingerprint density at radius 3 is 1.70 bits per heavy atom. The minimum atomic E-state index is 0.602. The van der Waals surface area contributed by atoms with Gasteiger partial charge in [-0.25, -0.2) is 0 Å². The van der Waals surface area contributed by atoms with Crippen LogP contribution in [-0.4, -0.2) is 18.0 Å². The van der Waals surface area contributed by atoms with Gasteiger partial charge in [-0.15, -0.1) is 0 Å². The van der Waals surface area contributed by atoms with Crippen LogP contribution in [0.25, 0.3) is 0 Å². The number of benzene rings is 2. The molecule has 0 aliphatic rings. The van der Waals surface area contributed by atoms with Crippen LogP contribution in [0.2, 0.25) is 0 Å². The summed E-state index contributed by atoms with van der Waals surface area (Å²) in [4.78, 5) is 2.41. The molecule has 0 saturated carbocycles. The topological polar surface area (TPSA) is 29.3 Å². The lowest BCUT2D eigenvalue weighted by Gasteiger charge is -2.21. The average molecular weight is 266 g/mol. The van der Waals surface area contributed by atoms with Gasteiger partial charge in [0.15, 0.2) is 0 Å². The largest absolute Gasteiger partial charge is 0.327 e. The molecule has 2 aromatic carbocycles. The third kappa shape index (κ3) is 5.00. The van der Waals surface area contributed by atoms with Crippen molar-refractivity contribution in [3.8, 4) is 0 Å². The molecule has 0 aliphatic carbocycles. The summed E-state index contributed by atoms with van der Waals surface area (Å²) in [6.07, 6.45) is 4.16. The number of rotatable bonds is 7. The fraction of sp³-hybridized carbons (Fsp3) is 0.222. The molecule has 0 fully saturated rings. The monoisotopic (exact) mass is 266 g/mol. The third-order valence-corrected chi connectivity index (χ3v) is 3.16. The Balaban J connectivity index is 2.02. The van der Waals surface area contributed by atoms with E-state index < -0.39 is 0 Å². The first-order valence-electron chi connectivity index (χ1n) is 7.04. The van der Waals surface area contributed by atoms with Crippen LogP contribution in [0.5, 0.6) is 0 Å². The number of nitrogens with zero attached hydrogens (tertiary/aromatic N) is 1. The van der Waals surface area contributed by atoms with Crippen LogP contribution in [0.4, 0.5) is 0 Å². The Labute approximate surface area is 121 Å².